The summed E-state index contributed by atoms with van der Waals surface area (Å²) in [5.74, 6) is 2.00. The highest BCUT2D eigenvalue weighted by molar-refractivity contribution is 5.81. The van der Waals surface area contributed by atoms with E-state index in [0.717, 1.165) is 23.7 Å². The molecule has 4 nitrogen and oxygen atoms in total. The summed E-state index contributed by atoms with van der Waals surface area (Å²) in [7, 11) is 0. The highest BCUT2D eigenvalue weighted by atomic mass is 16.6. The predicted molar refractivity (Wildman–Crippen MR) is 83.3 cm³/mol. The lowest BCUT2D eigenvalue weighted by molar-refractivity contribution is -0.158. The van der Waals surface area contributed by atoms with Crippen LogP contribution in [0.3, 0.4) is 0 Å². The number of rotatable bonds is 5. The number of fused-ring (bicyclic) bond motifs is 1. The first-order valence-corrected chi connectivity index (χ1v) is 8.22. The molecule has 1 aromatic rings. The number of hydrogen-bond donors (Lipinski definition) is 0. The molecule has 1 fully saturated rings. The van der Waals surface area contributed by atoms with Gasteiger partial charge >= 0.3 is 5.97 Å². The number of benzene rings is 1. The second-order valence-electron chi connectivity index (χ2n) is 6.46. The van der Waals surface area contributed by atoms with Crippen LogP contribution in [0.25, 0.3) is 0 Å². The van der Waals surface area contributed by atoms with E-state index in [2.05, 4.69) is 0 Å². The van der Waals surface area contributed by atoms with Gasteiger partial charge < -0.3 is 14.2 Å². The Balaban J connectivity index is 1.65. The van der Waals surface area contributed by atoms with E-state index >= 15 is 0 Å². The molecular weight excluding hydrogens is 280 g/mol. The van der Waals surface area contributed by atoms with Crippen molar-refractivity contribution < 1.29 is 19.0 Å². The molecule has 0 aromatic heterocycles. The fourth-order valence-electron chi connectivity index (χ4n) is 3.31. The highest BCUT2D eigenvalue weighted by Crippen LogP contribution is 2.38. The minimum Gasteiger partial charge on any atom is -0.493 e. The average Bonchev–Trinajstić information content (AvgIpc) is 3.11. The molecule has 0 N–H and O–H groups in total. The summed E-state index contributed by atoms with van der Waals surface area (Å²) in [5.41, 5.74) is 0.0991. The Morgan fingerprint density at radius 2 is 2.14 bits per heavy atom. The van der Waals surface area contributed by atoms with E-state index in [0.29, 0.717) is 18.9 Å². The smallest absolute Gasteiger partial charge is 0.350 e. The Morgan fingerprint density at radius 1 is 1.36 bits per heavy atom. The van der Waals surface area contributed by atoms with Gasteiger partial charge in [-0.2, -0.15) is 0 Å². The first-order chi connectivity index (χ1) is 10.6. The van der Waals surface area contributed by atoms with Crippen LogP contribution in [0.2, 0.25) is 0 Å². The van der Waals surface area contributed by atoms with Crippen LogP contribution >= 0.6 is 0 Å². The molecule has 0 saturated heterocycles. The summed E-state index contributed by atoms with van der Waals surface area (Å²) >= 11 is 0. The van der Waals surface area contributed by atoms with Gasteiger partial charge in [-0.25, -0.2) is 4.79 Å². The van der Waals surface area contributed by atoms with Crippen LogP contribution in [-0.4, -0.2) is 24.8 Å². The van der Waals surface area contributed by atoms with Gasteiger partial charge in [0.05, 0.1) is 13.2 Å². The van der Waals surface area contributed by atoms with E-state index < -0.39 is 5.60 Å². The Hall–Kier alpha value is -1.71. The van der Waals surface area contributed by atoms with E-state index in [1.807, 2.05) is 18.2 Å². The number of esters is 1. The van der Waals surface area contributed by atoms with Crippen molar-refractivity contribution in [1.82, 2.24) is 0 Å². The van der Waals surface area contributed by atoms with E-state index in [-0.39, 0.29) is 5.97 Å². The van der Waals surface area contributed by atoms with Crippen LogP contribution in [0.4, 0.5) is 0 Å². The molecule has 1 atom stereocenters. The molecule has 3 rings (SSSR count). The van der Waals surface area contributed by atoms with Crippen molar-refractivity contribution in [3.8, 4) is 11.5 Å². The monoisotopic (exact) mass is 304 g/mol. The second kappa shape index (κ2) is 6.19. The van der Waals surface area contributed by atoms with Gasteiger partial charge in [0.2, 0.25) is 5.60 Å². The average molecular weight is 304 g/mol. The largest absolute Gasteiger partial charge is 0.493 e. The maximum atomic E-state index is 12.0. The number of hydrogen-bond acceptors (Lipinski definition) is 4. The van der Waals surface area contributed by atoms with E-state index in [9.17, 15) is 4.79 Å². The third-order valence-corrected chi connectivity index (χ3v) is 4.56. The van der Waals surface area contributed by atoms with E-state index in [1.54, 1.807) is 13.8 Å². The van der Waals surface area contributed by atoms with Crippen molar-refractivity contribution in [2.45, 2.75) is 51.6 Å². The Morgan fingerprint density at radius 3 is 2.86 bits per heavy atom. The zero-order chi connectivity index (χ0) is 15.6. The highest BCUT2D eigenvalue weighted by Gasteiger charge is 2.43. The van der Waals surface area contributed by atoms with Gasteiger partial charge in [-0.3, -0.25) is 0 Å². The molecule has 1 aliphatic heterocycles. The number of carbonyl (C=O) groups is 1. The molecule has 0 amide bonds. The van der Waals surface area contributed by atoms with Crippen molar-refractivity contribution in [1.29, 1.82) is 0 Å². The zero-order valence-corrected chi connectivity index (χ0v) is 13.4. The van der Waals surface area contributed by atoms with E-state index in [4.69, 9.17) is 14.2 Å². The van der Waals surface area contributed by atoms with Crippen molar-refractivity contribution in [3.05, 3.63) is 23.8 Å². The SMILES string of the molecule is CCOC(=O)C1(C)Cc2cc(OCC3CCCC3)ccc2O1. The van der Waals surface area contributed by atoms with Crippen molar-refractivity contribution in [2.24, 2.45) is 5.92 Å². The topological polar surface area (TPSA) is 44.8 Å². The quantitative estimate of drug-likeness (QED) is 0.781. The molecule has 4 heteroatoms. The standard InChI is InChI=1S/C18H24O4/c1-3-20-17(19)18(2)11-14-10-15(8-9-16(14)22-18)21-12-13-6-4-5-7-13/h8-10,13H,3-7,11-12H2,1-2H3. The van der Waals surface area contributed by atoms with Gasteiger partial charge in [0.15, 0.2) is 0 Å². The first-order valence-electron chi connectivity index (χ1n) is 8.22. The molecule has 22 heavy (non-hydrogen) atoms. The molecular formula is C18H24O4. The number of ether oxygens (including phenoxy) is 3. The molecule has 0 radical (unpaired) electrons. The van der Waals surface area contributed by atoms with Crippen LogP contribution in [-0.2, 0) is 16.0 Å². The van der Waals surface area contributed by atoms with Gasteiger partial charge in [0, 0.05) is 12.0 Å². The third kappa shape index (κ3) is 3.06. The minimum absolute atomic E-state index is 0.306. The fourth-order valence-corrected chi connectivity index (χ4v) is 3.31. The van der Waals surface area contributed by atoms with Gasteiger partial charge in [-0.1, -0.05) is 12.8 Å². The van der Waals surface area contributed by atoms with Gasteiger partial charge in [0.1, 0.15) is 11.5 Å². The zero-order valence-electron chi connectivity index (χ0n) is 13.4. The lowest BCUT2D eigenvalue weighted by atomic mass is 9.99. The maximum Gasteiger partial charge on any atom is 0.350 e. The summed E-state index contributed by atoms with van der Waals surface area (Å²) in [4.78, 5) is 12.0. The normalized spacial score (nSPS) is 23.9. The van der Waals surface area contributed by atoms with Crippen LogP contribution in [0.5, 0.6) is 11.5 Å². The lowest BCUT2D eigenvalue weighted by Crippen LogP contribution is -2.41. The van der Waals surface area contributed by atoms with Gasteiger partial charge in [-0.15, -0.1) is 0 Å². The van der Waals surface area contributed by atoms with Crippen LogP contribution in [0.1, 0.15) is 45.1 Å². The molecule has 1 saturated carbocycles. The fraction of sp³-hybridized carbons (Fsp3) is 0.611. The molecule has 1 aliphatic carbocycles. The molecule has 1 heterocycles. The molecule has 1 unspecified atom stereocenters. The molecule has 120 valence electrons. The summed E-state index contributed by atoms with van der Waals surface area (Å²) in [6, 6.07) is 5.81. The number of carbonyl (C=O) groups excluding carboxylic acids is 1. The van der Waals surface area contributed by atoms with Crippen LogP contribution in [0.15, 0.2) is 18.2 Å². The van der Waals surface area contributed by atoms with Gasteiger partial charge in [0.25, 0.3) is 0 Å². The summed E-state index contributed by atoms with van der Waals surface area (Å²) < 4.78 is 16.8. The summed E-state index contributed by atoms with van der Waals surface area (Å²) in [5, 5.41) is 0. The summed E-state index contributed by atoms with van der Waals surface area (Å²) in [6.07, 6.45) is 5.72. The predicted octanol–water partition coefficient (Wildman–Crippen LogP) is 3.51. The van der Waals surface area contributed by atoms with E-state index in [1.165, 1.54) is 25.7 Å². The first kappa shape index (κ1) is 15.2. The Bertz CT molecular complexity index is 548. The van der Waals surface area contributed by atoms with Crippen LogP contribution in [0, 0.1) is 5.92 Å². The van der Waals surface area contributed by atoms with Crippen molar-refractivity contribution in [2.75, 3.05) is 13.2 Å². The second-order valence-corrected chi connectivity index (χ2v) is 6.46. The third-order valence-electron chi connectivity index (χ3n) is 4.56. The molecule has 2 aliphatic rings. The summed E-state index contributed by atoms with van der Waals surface area (Å²) in [6.45, 7) is 4.74. The van der Waals surface area contributed by atoms with Crippen molar-refractivity contribution in [3.63, 3.8) is 0 Å². The van der Waals surface area contributed by atoms with Crippen molar-refractivity contribution >= 4 is 5.97 Å². The Kier molecular flexibility index (Phi) is 4.27. The minimum atomic E-state index is -0.914. The molecule has 0 spiro atoms. The molecule has 0 bridgehead atoms. The maximum absolute atomic E-state index is 12.0. The lowest BCUT2D eigenvalue weighted by Gasteiger charge is -2.21. The Labute approximate surface area is 131 Å². The molecule has 1 aromatic carbocycles. The van der Waals surface area contributed by atoms with Crippen LogP contribution < -0.4 is 9.47 Å². The van der Waals surface area contributed by atoms with Gasteiger partial charge in [-0.05, 0) is 50.8 Å².